The number of nitrogens with zero attached hydrogens (tertiary/aromatic N) is 2. The Morgan fingerprint density at radius 2 is 1.44 bits per heavy atom. The fraction of sp³-hybridized carbons (Fsp3) is 0.951. The number of hydrogen-bond donors (Lipinski definition) is 6. The predicted molar refractivity (Wildman–Crippen MR) is 213 cm³/mol. The molecule has 0 radical (unpaired) electrons. The van der Waals surface area contributed by atoms with Crippen molar-refractivity contribution in [3.8, 4) is 0 Å². The van der Waals surface area contributed by atoms with Crippen LogP contribution in [0.4, 0.5) is 0 Å². The van der Waals surface area contributed by atoms with E-state index in [-0.39, 0.29) is 18.9 Å². The van der Waals surface area contributed by atoms with Crippen LogP contribution in [0.3, 0.4) is 0 Å². The Morgan fingerprint density at radius 1 is 0.831 bits per heavy atom. The second-order valence-electron chi connectivity index (χ2n) is 17.0. The number of rotatable bonds is 13. The van der Waals surface area contributed by atoms with Crippen molar-refractivity contribution in [1.82, 2.24) is 4.90 Å². The van der Waals surface area contributed by atoms with E-state index in [9.17, 15) is 35.5 Å². The van der Waals surface area contributed by atoms with Gasteiger partial charge in [-0.1, -0.05) is 32.9 Å². The zero-order chi connectivity index (χ0) is 44.3. The molecule has 0 aromatic rings. The number of aliphatic hydroxyl groups excluding tert-OH is 5. The van der Waals surface area contributed by atoms with Gasteiger partial charge < -0.3 is 78.3 Å². The molecule has 0 spiro atoms. The summed E-state index contributed by atoms with van der Waals surface area (Å²) >= 11 is 0. The van der Waals surface area contributed by atoms with E-state index in [1.54, 1.807) is 39.8 Å². The first-order chi connectivity index (χ1) is 27.9. The lowest BCUT2D eigenvalue weighted by atomic mass is 9.78. The third-order valence-electron chi connectivity index (χ3n) is 12.8. The van der Waals surface area contributed by atoms with Crippen molar-refractivity contribution < 1.29 is 78.2 Å². The SMILES string of the molecule is CC[C@H]1OC(=O)C[C@@H](O)[C@@H](C)[C@@H](O[C@@H]2O[C@H](C)[C@@H](O)[C@H](N(C)C)[C@H]2O)[C@@H](CC(OC)OC)C[C@@H](C)/C(=N/O)CCC(C)[C@@H](O)[C@@H]1CO[C@@H]1O[C@H](C)[C@@H](O)[C@@H](OC)[C@H]1OC. The zero-order valence-electron chi connectivity index (χ0n) is 37.2. The molecule has 3 aliphatic rings. The van der Waals surface area contributed by atoms with Crippen molar-refractivity contribution >= 4 is 11.7 Å². The molecule has 3 fully saturated rings. The Hall–Kier alpha value is -1.62. The van der Waals surface area contributed by atoms with Gasteiger partial charge in [-0.3, -0.25) is 4.79 Å². The van der Waals surface area contributed by atoms with Crippen LogP contribution in [-0.2, 0) is 47.4 Å². The van der Waals surface area contributed by atoms with E-state index in [2.05, 4.69) is 5.16 Å². The topological polar surface area (TPSA) is 237 Å². The molecule has 1 unspecified atom stereocenters. The number of oxime groups is 1. The van der Waals surface area contributed by atoms with Gasteiger partial charge in [0.25, 0.3) is 0 Å². The lowest BCUT2D eigenvalue weighted by molar-refractivity contribution is -0.307. The van der Waals surface area contributed by atoms with Gasteiger partial charge in [-0.2, -0.15) is 0 Å². The van der Waals surface area contributed by atoms with Crippen LogP contribution >= 0.6 is 0 Å². The summed E-state index contributed by atoms with van der Waals surface area (Å²) in [6, 6.07) is -0.733. The summed E-state index contributed by atoms with van der Waals surface area (Å²) in [6.07, 6.45) is -12.1. The maximum Gasteiger partial charge on any atom is 0.308 e. The minimum Gasteiger partial charge on any atom is -0.462 e. The molecular weight excluding hydrogens is 776 g/mol. The van der Waals surface area contributed by atoms with Gasteiger partial charge in [-0.05, 0) is 71.4 Å². The maximum absolute atomic E-state index is 13.8. The fourth-order valence-electron chi connectivity index (χ4n) is 8.95. The number of cyclic esters (lactones) is 1. The average Bonchev–Trinajstić information content (AvgIpc) is 3.20. The van der Waals surface area contributed by atoms with Gasteiger partial charge in [0, 0.05) is 46.7 Å². The number of esters is 1. The Bertz CT molecular complexity index is 1260. The molecule has 59 heavy (non-hydrogen) atoms. The van der Waals surface area contributed by atoms with Crippen LogP contribution in [-0.4, -0.2) is 189 Å². The van der Waals surface area contributed by atoms with Crippen molar-refractivity contribution in [3.63, 3.8) is 0 Å². The third-order valence-corrected chi connectivity index (χ3v) is 12.8. The van der Waals surface area contributed by atoms with Crippen molar-refractivity contribution in [1.29, 1.82) is 0 Å². The highest BCUT2D eigenvalue weighted by molar-refractivity contribution is 5.86. The van der Waals surface area contributed by atoms with Crippen molar-refractivity contribution in [3.05, 3.63) is 0 Å². The van der Waals surface area contributed by atoms with Gasteiger partial charge in [0.2, 0.25) is 0 Å². The summed E-state index contributed by atoms with van der Waals surface area (Å²) in [7, 11) is 9.39. The van der Waals surface area contributed by atoms with Crippen LogP contribution in [0.25, 0.3) is 0 Å². The molecule has 346 valence electrons. The third kappa shape index (κ3) is 13.2. The fourth-order valence-corrected chi connectivity index (χ4v) is 8.95. The van der Waals surface area contributed by atoms with Gasteiger partial charge in [-0.25, -0.2) is 0 Å². The molecule has 6 N–H and O–H groups in total. The lowest BCUT2D eigenvalue weighted by Crippen LogP contribution is -2.63. The largest absolute Gasteiger partial charge is 0.462 e. The smallest absolute Gasteiger partial charge is 0.308 e. The summed E-state index contributed by atoms with van der Waals surface area (Å²) in [5.74, 6) is -3.50. The van der Waals surface area contributed by atoms with Crippen LogP contribution < -0.4 is 0 Å². The number of carbonyl (C=O) groups excluding carboxylic acids is 1. The Labute approximate surface area is 350 Å². The number of aliphatic hydroxyl groups is 5. The molecule has 18 heteroatoms. The molecular formula is C41H76N2O16. The van der Waals surface area contributed by atoms with Crippen LogP contribution in [0.15, 0.2) is 5.16 Å². The van der Waals surface area contributed by atoms with Gasteiger partial charge in [0.05, 0.1) is 61.4 Å². The van der Waals surface area contributed by atoms with E-state index in [1.807, 2.05) is 20.8 Å². The highest BCUT2D eigenvalue weighted by atomic mass is 16.7. The molecule has 3 rings (SSSR count). The molecule has 3 aliphatic heterocycles. The van der Waals surface area contributed by atoms with Crippen LogP contribution in [0.2, 0.25) is 0 Å². The first-order valence-electron chi connectivity index (χ1n) is 21.0. The minimum absolute atomic E-state index is 0.125. The standard InChI is InChI=1S/C41H76N2O16/c1-13-29-26(19-55-41-39(54-12)38(53-11)35(48)24(6)57-41)33(46)20(2)14-15-27(42-50)21(3)16-25(17-31(51-9)52-10)37(22(4)28(44)18-30(45)58-29)59-40-36(49)32(43(7)8)34(47)23(5)56-40/h20-26,28-29,31-41,44,46-50H,13-19H2,1-12H3/b42-27+/t20?,21-,22-,23-,24-,25-,26-,28-,29-,32+,33-,34-,35-,36-,37-,38-,39-,40+,41-/m1/s1. The predicted octanol–water partition coefficient (Wildman–Crippen LogP) is 1.52. The summed E-state index contributed by atoms with van der Waals surface area (Å²) < 4.78 is 53.4. The highest BCUT2D eigenvalue weighted by Crippen LogP contribution is 2.37. The van der Waals surface area contributed by atoms with Crippen molar-refractivity contribution in [2.45, 2.75) is 172 Å². The van der Waals surface area contributed by atoms with E-state index >= 15 is 0 Å². The molecule has 0 amide bonds. The van der Waals surface area contributed by atoms with E-state index in [0.29, 0.717) is 31.4 Å². The molecule has 0 saturated carbocycles. The minimum atomic E-state index is -1.32. The number of hydrogen-bond acceptors (Lipinski definition) is 18. The first kappa shape index (κ1) is 51.7. The number of likely N-dealkylation sites (N-methyl/N-ethyl adjacent to an activating group) is 1. The summed E-state index contributed by atoms with van der Waals surface area (Å²) in [5.41, 5.74) is 0.473. The van der Waals surface area contributed by atoms with Gasteiger partial charge >= 0.3 is 5.97 Å². The molecule has 3 heterocycles. The monoisotopic (exact) mass is 853 g/mol. The first-order valence-corrected chi connectivity index (χ1v) is 21.0. The van der Waals surface area contributed by atoms with Crippen LogP contribution in [0.5, 0.6) is 0 Å². The van der Waals surface area contributed by atoms with E-state index in [4.69, 9.17) is 42.6 Å². The van der Waals surface area contributed by atoms with Gasteiger partial charge in [0.15, 0.2) is 18.9 Å². The normalized spacial score (nSPS) is 43.3. The maximum atomic E-state index is 13.8. The quantitative estimate of drug-likeness (QED) is 0.0667. The number of ether oxygens (including phenoxy) is 9. The molecule has 0 aromatic carbocycles. The van der Waals surface area contributed by atoms with Gasteiger partial charge in [-0.15, -0.1) is 0 Å². The van der Waals surface area contributed by atoms with Crippen LogP contribution in [0.1, 0.15) is 80.1 Å². The van der Waals surface area contributed by atoms with E-state index in [0.717, 1.165) is 0 Å². The van der Waals surface area contributed by atoms with Gasteiger partial charge in [0.1, 0.15) is 30.5 Å². The van der Waals surface area contributed by atoms with E-state index in [1.165, 1.54) is 28.4 Å². The summed E-state index contributed by atoms with van der Waals surface area (Å²) in [6.45, 7) is 10.6. The zero-order valence-corrected chi connectivity index (χ0v) is 37.2. The average molecular weight is 853 g/mol. The Morgan fingerprint density at radius 3 is 2.00 bits per heavy atom. The van der Waals surface area contributed by atoms with Crippen molar-refractivity contribution in [2.75, 3.05) is 49.1 Å². The van der Waals surface area contributed by atoms with Crippen molar-refractivity contribution in [2.24, 2.45) is 34.7 Å². The molecule has 19 atom stereocenters. The lowest BCUT2D eigenvalue weighted by Gasteiger charge is -2.47. The number of methoxy groups -OCH3 is 4. The molecule has 18 nitrogen and oxygen atoms in total. The summed E-state index contributed by atoms with van der Waals surface area (Å²) in [4.78, 5) is 15.5. The van der Waals surface area contributed by atoms with E-state index < -0.39 is 128 Å². The second kappa shape index (κ2) is 24.3. The van der Waals surface area contributed by atoms with Crippen LogP contribution in [0, 0.1) is 29.6 Å². The summed E-state index contributed by atoms with van der Waals surface area (Å²) in [5, 5.41) is 71.0. The molecule has 3 saturated heterocycles. The highest BCUT2D eigenvalue weighted by Gasteiger charge is 2.49. The Balaban J connectivity index is 2.03. The Kier molecular flexibility index (Phi) is 21.3. The molecule has 0 aliphatic carbocycles. The number of carbonyl (C=O) groups is 1. The molecule has 0 bridgehead atoms. The molecule has 0 aromatic heterocycles. The second-order valence-corrected chi connectivity index (χ2v) is 17.0.